The minimum atomic E-state index is -0.0742. The van der Waals surface area contributed by atoms with Crippen LogP contribution in [0.15, 0.2) is 47.1 Å². The molecule has 1 heterocycles. The van der Waals surface area contributed by atoms with Crippen LogP contribution >= 0.6 is 15.9 Å². The molecule has 4 nitrogen and oxygen atoms in total. The first kappa shape index (κ1) is 15.5. The Labute approximate surface area is 133 Å². The number of carbonyl (C=O) groups excluding carboxylic acids is 1. The summed E-state index contributed by atoms with van der Waals surface area (Å²) in [7, 11) is 0. The van der Waals surface area contributed by atoms with Gasteiger partial charge in [0.2, 0.25) is 5.91 Å². The van der Waals surface area contributed by atoms with Crippen molar-refractivity contribution in [1.29, 1.82) is 0 Å². The maximum absolute atomic E-state index is 12.0. The number of aromatic nitrogens is 1. The highest BCUT2D eigenvalue weighted by atomic mass is 79.9. The summed E-state index contributed by atoms with van der Waals surface area (Å²) in [6, 6.07) is 11.4. The van der Waals surface area contributed by atoms with Gasteiger partial charge in [-0.25, -0.2) is 4.98 Å². The van der Waals surface area contributed by atoms with Gasteiger partial charge < -0.3 is 10.6 Å². The average molecular weight is 348 g/mol. The van der Waals surface area contributed by atoms with E-state index in [1.54, 1.807) is 12.3 Å². The smallest absolute Gasteiger partial charge is 0.229 e. The second-order valence-electron chi connectivity index (χ2n) is 4.71. The van der Waals surface area contributed by atoms with E-state index in [0.717, 1.165) is 28.7 Å². The second-order valence-corrected chi connectivity index (χ2v) is 5.63. The average Bonchev–Trinajstić information content (AvgIpc) is 2.46. The van der Waals surface area contributed by atoms with E-state index in [4.69, 9.17) is 0 Å². The third-order valence-corrected chi connectivity index (χ3v) is 3.36. The summed E-state index contributed by atoms with van der Waals surface area (Å²) in [6.45, 7) is 3.02. The summed E-state index contributed by atoms with van der Waals surface area (Å²) < 4.78 is 0.970. The molecule has 1 amide bonds. The predicted molar refractivity (Wildman–Crippen MR) is 89.5 cm³/mol. The first-order valence-corrected chi connectivity index (χ1v) is 7.71. The van der Waals surface area contributed by atoms with Crippen molar-refractivity contribution in [2.45, 2.75) is 19.8 Å². The summed E-state index contributed by atoms with van der Waals surface area (Å²) in [4.78, 5) is 16.2. The molecule has 2 rings (SSSR count). The van der Waals surface area contributed by atoms with Gasteiger partial charge in [0.05, 0.1) is 18.3 Å². The van der Waals surface area contributed by atoms with Crippen molar-refractivity contribution in [2.75, 3.05) is 17.2 Å². The second kappa shape index (κ2) is 7.78. The van der Waals surface area contributed by atoms with Gasteiger partial charge in [0.1, 0.15) is 5.82 Å². The molecule has 0 aliphatic carbocycles. The van der Waals surface area contributed by atoms with Gasteiger partial charge in [-0.3, -0.25) is 4.79 Å². The highest BCUT2D eigenvalue weighted by Crippen LogP contribution is 2.13. The van der Waals surface area contributed by atoms with Gasteiger partial charge in [-0.2, -0.15) is 0 Å². The quantitative estimate of drug-likeness (QED) is 0.834. The maximum Gasteiger partial charge on any atom is 0.229 e. The molecule has 0 fully saturated rings. The fourth-order valence-corrected chi connectivity index (χ4v) is 2.31. The van der Waals surface area contributed by atoms with Crippen LogP contribution in [0.2, 0.25) is 0 Å². The molecule has 5 heteroatoms. The summed E-state index contributed by atoms with van der Waals surface area (Å²) in [5, 5.41) is 6.04. The molecule has 2 aromatic rings. The summed E-state index contributed by atoms with van der Waals surface area (Å²) in [5.74, 6) is 0.493. The Hall–Kier alpha value is -1.88. The minimum absolute atomic E-state index is 0.0742. The van der Waals surface area contributed by atoms with Crippen LogP contribution in [0, 0.1) is 0 Å². The zero-order valence-electron chi connectivity index (χ0n) is 11.9. The number of hydrogen-bond acceptors (Lipinski definition) is 3. The molecule has 0 aliphatic rings. The van der Waals surface area contributed by atoms with E-state index in [1.165, 1.54) is 0 Å². The zero-order chi connectivity index (χ0) is 15.1. The van der Waals surface area contributed by atoms with Gasteiger partial charge in [0.25, 0.3) is 0 Å². The lowest BCUT2D eigenvalue weighted by atomic mass is 10.1. The number of nitrogens with one attached hydrogen (secondary N) is 2. The fourth-order valence-electron chi connectivity index (χ4n) is 1.86. The monoisotopic (exact) mass is 347 g/mol. The van der Waals surface area contributed by atoms with Crippen LogP contribution in [0.3, 0.4) is 0 Å². The molecule has 0 spiro atoms. The number of halogens is 1. The Kier molecular flexibility index (Phi) is 5.75. The van der Waals surface area contributed by atoms with E-state index in [-0.39, 0.29) is 5.91 Å². The number of pyridine rings is 1. The van der Waals surface area contributed by atoms with Crippen molar-refractivity contribution in [2.24, 2.45) is 0 Å². The van der Waals surface area contributed by atoms with Crippen LogP contribution in [0.4, 0.5) is 11.5 Å². The standard InChI is InChI=1S/C16H18BrN3O/c1-2-8-18-14-6-7-15(19-11-14)20-16(21)10-12-4-3-5-13(17)9-12/h3-7,9,11,18H,2,8,10H2,1H3,(H,19,20,21). The molecule has 0 unspecified atom stereocenters. The maximum atomic E-state index is 12.0. The lowest BCUT2D eigenvalue weighted by Gasteiger charge is -2.07. The molecule has 0 radical (unpaired) electrons. The van der Waals surface area contributed by atoms with E-state index in [2.05, 4.69) is 38.5 Å². The molecule has 1 aromatic heterocycles. The summed E-state index contributed by atoms with van der Waals surface area (Å²) in [5.41, 5.74) is 1.92. The van der Waals surface area contributed by atoms with Gasteiger partial charge in [-0.15, -0.1) is 0 Å². The Bertz CT molecular complexity index is 599. The van der Waals surface area contributed by atoms with Crippen LogP contribution in [0.25, 0.3) is 0 Å². The van der Waals surface area contributed by atoms with Crippen molar-refractivity contribution in [3.63, 3.8) is 0 Å². The van der Waals surface area contributed by atoms with Crippen molar-refractivity contribution in [1.82, 2.24) is 4.98 Å². The van der Waals surface area contributed by atoms with Crippen molar-refractivity contribution < 1.29 is 4.79 Å². The van der Waals surface area contributed by atoms with Gasteiger partial charge >= 0.3 is 0 Å². The first-order valence-electron chi connectivity index (χ1n) is 6.91. The molecule has 21 heavy (non-hydrogen) atoms. The van der Waals surface area contributed by atoms with E-state index >= 15 is 0 Å². The van der Waals surface area contributed by atoms with Crippen molar-refractivity contribution in [3.05, 3.63) is 52.6 Å². The van der Waals surface area contributed by atoms with E-state index < -0.39 is 0 Å². The number of carbonyl (C=O) groups is 1. The Balaban J connectivity index is 1.90. The topological polar surface area (TPSA) is 54.0 Å². The predicted octanol–water partition coefficient (Wildman–Crippen LogP) is 3.85. The first-order chi connectivity index (χ1) is 10.2. The number of amides is 1. The molecule has 2 N–H and O–H groups in total. The Morgan fingerprint density at radius 1 is 1.29 bits per heavy atom. The number of benzene rings is 1. The van der Waals surface area contributed by atoms with E-state index in [1.807, 2.05) is 30.3 Å². The lowest BCUT2D eigenvalue weighted by molar-refractivity contribution is -0.115. The summed E-state index contributed by atoms with van der Waals surface area (Å²) in [6.07, 6.45) is 3.12. The molecule has 0 atom stereocenters. The minimum Gasteiger partial charge on any atom is -0.384 e. The van der Waals surface area contributed by atoms with Crippen molar-refractivity contribution >= 4 is 33.3 Å². The largest absolute Gasteiger partial charge is 0.384 e. The van der Waals surface area contributed by atoms with Gasteiger partial charge in [0.15, 0.2) is 0 Å². The van der Waals surface area contributed by atoms with Crippen LogP contribution in [-0.4, -0.2) is 17.4 Å². The lowest BCUT2D eigenvalue weighted by Crippen LogP contribution is -2.15. The third kappa shape index (κ3) is 5.19. The van der Waals surface area contributed by atoms with Gasteiger partial charge in [-0.1, -0.05) is 35.0 Å². The molecule has 0 saturated carbocycles. The molecule has 1 aromatic carbocycles. The normalized spacial score (nSPS) is 10.2. The van der Waals surface area contributed by atoms with Gasteiger partial charge in [-0.05, 0) is 36.2 Å². The SMILES string of the molecule is CCCNc1ccc(NC(=O)Cc2cccc(Br)c2)nc1. The molecular formula is C16H18BrN3O. The number of anilines is 2. The number of rotatable bonds is 6. The number of hydrogen-bond donors (Lipinski definition) is 2. The highest BCUT2D eigenvalue weighted by molar-refractivity contribution is 9.10. The molecule has 0 saturated heterocycles. The third-order valence-electron chi connectivity index (χ3n) is 2.86. The van der Waals surface area contributed by atoms with Crippen LogP contribution < -0.4 is 10.6 Å². The molecule has 110 valence electrons. The van der Waals surface area contributed by atoms with Gasteiger partial charge in [0, 0.05) is 11.0 Å². The number of nitrogens with zero attached hydrogens (tertiary/aromatic N) is 1. The Morgan fingerprint density at radius 3 is 2.81 bits per heavy atom. The van der Waals surface area contributed by atoms with Crippen LogP contribution in [0.1, 0.15) is 18.9 Å². The molecular weight excluding hydrogens is 330 g/mol. The van der Waals surface area contributed by atoms with Crippen molar-refractivity contribution in [3.8, 4) is 0 Å². The Morgan fingerprint density at radius 2 is 2.14 bits per heavy atom. The van der Waals surface area contributed by atoms with Crippen LogP contribution in [0.5, 0.6) is 0 Å². The van der Waals surface area contributed by atoms with E-state index in [9.17, 15) is 4.79 Å². The highest BCUT2D eigenvalue weighted by Gasteiger charge is 2.05. The fraction of sp³-hybridized carbons (Fsp3) is 0.250. The summed E-state index contributed by atoms with van der Waals surface area (Å²) >= 11 is 3.40. The molecule has 0 aliphatic heterocycles. The van der Waals surface area contributed by atoms with E-state index in [0.29, 0.717) is 12.2 Å². The zero-order valence-corrected chi connectivity index (χ0v) is 13.5. The van der Waals surface area contributed by atoms with Crippen LogP contribution in [-0.2, 0) is 11.2 Å². The molecule has 0 bridgehead atoms.